The first-order valence-electron chi connectivity index (χ1n) is 4.82. The number of ketones is 1. The molecular formula is C12H15ClO. The van der Waals surface area contributed by atoms with E-state index < -0.39 is 0 Å². The number of hydrogen-bond acceptors (Lipinski definition) is 1. The summed E-state index contributed by atoms with van der Waals surface area (Å²) < 4.78 is 0. The van der Waals surface area contributed by atoms with Gasteiger partial charge in [0.25, 0.3) is 0 Å². The summed E-state index contributed by atoms with van der Waals surface area (Å²) >= 11 is 5.56. The molecule has 1 nitrogen and oxygen atoms in total. The lowest BCUT2D eigenvalue weighted by molar-refractivity contribution is 0.0981. The number of carbonyl (C=O) groups is 1. The molecule has 0 bridgehead atoms. The fraction of sp³-hybridized carbons (Fsp3) is 0.417. The van der Waals surface area contributed by atoms with Crippen LogP contribution < -0.4 is 0 Å². The number of carbonyl (C=O) groups excluding carboxylic acids is 1. The van der Waals surface area contributed by atoms with Crippen molar-refractivity contribution < 1.29 is 4.79 Å². The molecule has 0 amide bonds. The summed E-state index contributed by atoms with van der Waals surface area (Å²) in [6.45, 7) is 3.95. The van der Waals surface area contributed by atoms with Gasteiger partial charge in [0.2, 0.25) is 0 Å². The normalized spacial score (nSPS) is 10.2. The molecule has 0 radical (unpaired) electrons. The first-order chi connectivity index (χ1) is 6.66. The Morgan fingerprint density at radius 3 is 2.36 bits per heavy atom. The monoisotopic (exact) mass is 210 g/mol. The van der Waals surface area contributed by atoms with Crippen molar-refractivity contribution in [1.29, 1.82) is 0 Å². The van der Waals surface area contributed by atoms with Gasteiger partial charge in [-0.3, -0.25) is 4.79 Å². The van der Waals surface area contributed by atoms with Crippen LogP contribution in [0, 0.1) is 13.8 Å². The highest BCUT2D eigenvalue weighted by molar-refractivity contribution is 6.18. The largest absolute Gasteiger partial charge is 0.294 e. The Morgan fingerprint density at radius 2 is 1.86 bits per heavy atom. The number of halogens is 1. The zero-order valence-corrected chi connectivity index (χ0v) is 9.40. The first kappa shape index (κ1) is 11.3. The molecule has 0 aromatic heterocycles. The van der Waals surface area contributed by atoms with Crippen LogP contribution in [-0.2, 0) is 0 Å². The Bertz CT molecular complexity index is 311. The van der Waals surface area contributed by atoms with Crippen LogP contribution >= 0.6 is 11.6 Å². The quantitative estimate of drug-likeness (QED) is 0.549. The third-order valence-corrected chi connectivity index (χ3v) is 2.56. The molecule has 0 N–H and O–H groups in total. The SMILES string of the molecule is Cc1cccc(C)c1C(=O)CCCCl. The van der Waals surface area contributed by atoms with Gasteiger partial charge in [0, 0.05) is 17.9 Å². The molecular weight excluding hydrogens is 196 g/mol. The van der Waals surface area contributed by atoms with E-state index in [1.807, 2.05) is 32.0 Å². The van der Waals surface area contributed by atoms with Gasteiger partial charge < -0.3 is 0 Å². The molecule has 76 valence electrons. The minimum absolute atomic E-state index is 0.209. The Balaban J connectivity index is 2.89. The second kappa shape index (κ2) is 5.16. The molecule has 0 aliphatic heterocycles. The first-order valence-corrected chi connectivity index (χ1v) is 5.35. The van der Waals surface area contributed by atoms with Crippen molar-refractivity contribution in [2.24, 2.45) is 0 Å². The minimum atomic E-state index is 0.209. The number of aryl methyl sites for hydroxylation is 2. The summed E-state index contributed by atoms with van der Waals surface area (Å²) in [7, 11) is 0. The molecule has 1 aromatic rings. The molecule has 0 unspecified atom stereocenters. The highest BCUT2D eigenvalue weighted by atomic mass is 35.5. The molecule has 0 saturated heterocycles. The van der Waals surface area contributed by atoms with Crippen LogP contribution in [0.4, 0.5) is 0 Å². The van der Waals surface area contributed by atoms with Crippen LogP contribution in [0.15, 0.2) is 18.2 Å². The summed E-state index contributed by atoms with van der Waals surface area (Å²) in [5.74, 6) is 0.762. The second-order valence-electron chi connectivity index (χ2n) is 3.48. The van der Waals surface area contributed by atoms with Gasteiger partial charge in [0.1, 0.15) is 0 Å². The molecule has 0 atom stereocenters. The van der Waals surface area contributed by atoms with Gasteiger partial charge >= 0.3 is 0 Å². The van der Waals surface area contributed by atoms with E-state index in [1.165, 1.54) is 0 Å². The molecule has 0 fully saturated rings. The summed E-state index contributed by atoms with van der Waals surface area (Å²) in [4.78, 5) is 11.8. The van der Waals surface area contributed by atoms with Crippen LogP contribution in [0.1, 0.15) is 34.3 Å². The fourth-order valence-electron chi connectivity index (χ4n) is 1.61. The molecule has 0 saturated carbocycles. The number of Topliss-reactive ketones (excluding diaryl/α,β-unsaturated/α-hetero) is 1. The molecule has 0 aliphatic rings. The van der Waals surface area contributed by atoms with E-state index in [1.54, 1.807) is 0 Å². The number of rotatable bonds is 4. The molecule has 0 aliphatic carbocycles. The van der Waals surface area contributed by atoms with Crippen molar-refractivity contribution in [1.82, 2.24) is 0 Å². The lowest BCUT2D eigenvalue weighted by atomic mass is 9.97. The minimum Gasteiger partial charge on any atom is -0.294 e. The number of hydrogen-bond donors (Lipinski definition) is 0. The Hall–Kier alpha value is -0.820. The number of benzene rings is 1. The van der Waals surface area contributed by atoms with Gasteiger partial charge in [0.15, 0.2) is 5.78 Å². The zero-order chi connectivity index (χ0) is 10.6. The molecule has 0 heterocycles. The van der Waals surface area contributed by atoms with E-state index in [2.05, 4.69) is 0 Å². The highest BCUT2D eigenvalue weighted by Gasteiger charge is 2.10. The lowest BCUT2D eigenvalue weighted by Gasteiger charge is -2.07. The summed E-state index contributed by atoms with van der Waals surface area (Å²) in [5, 5.41) is 0. The van der Waals surface area contributed by atoms with Crippen molar-refractivity contribution in [3.8, 4) is 0 Å². The van der Waals surface area contributed by atoms with E-state index in [0.717, 1.165) is 23.1 Å². The zero-order valence-electron chi connectivity index (χ0n) is 8.64. The Morgan fingerprint density at radius 1 is 1.29 bits per heavy atom. The van der Waals surface area contributed by atoms with Gasteiger partial charge in [-0.15, -0.1) is 11.6 Å². The van der Waals surface area contributed by atoms with Crippen LogP contribution in [0.5, 0.6) is 0 Å². The van der Waals surface area contributed by atoms with Gasteiger partial charge in [0.05, 0.1) is 0 Å². The predicted molar refractivity (Wildman–Crippen MR) is 60.2 cm³/mol. The highest BCUT2D eigenvalue weighted by Crippen LogP contribution is 2.16. The molecule has 14 heavy (non-hydrogen) atoms. The topological polar surface area (TPSA) is 17.1 Å². The molecule has 1 rings (SSSR count). The molecule has 0 spiro atoms. The summed E-state index contributed by atoms with van der Waals surface area (Å²) in [6.07, 6.45) is 1.31. The average molecular weight is 211 g/mol. The van der Waals surface area contributed by atoms with E-state index in [-0.39, 0.29) is 5.78 Å². The average Bonchev–Trinajstić information content (AvgIpc) is 2.14. The van der Waals surface area contributed by atoms with E-state index in [0.29, 0.717) is 12.3 Å². The second-order valence-corrected chi connectivity index (χ2v) is 3.86. The maximum absolute atomic E-state index is 11.8. The third kappa shape index (κ3) is 2.58. The van der Waals surface area contributed by atoms with E-state index in [9.17, 15) is 4.79 Å². The van der Waals surface area contributed by atoms with Gasteiger partial charge in [-0.25, -0.2) is 0 Å². The maximum atomic E-state index is 11.8. The third-order valence-electron chi connectivity index (χ3n) is 2.30. The van der Waals surface area contributed by atoms with Gasteiger partial charge in [-0.1, -0.05) is 18.2 Å². The predicted octanol–water partition coefficient (Wildman–Crippen LogP) is 3.51. The maximum Gasteiger partial charge on any atom is 0.163 e. The van der Waals surface area contributed by atoms with Crippen molar-refractivity contribution >= 4 is 17.4 Å². The van der Waals surface area contributed by atoms with Crippen LogP contribution in [-0.4, -0.2) is 11.7 Å². The molecule has 2 heteroatoms. The summed E-state index contributed by atoms with van der Waals surface area (Å²) in [6, 6.07) is 5.92. The number of alkyl halides is 1. The van der Waals surface area contributed by atoms with Crippen molar-refractivity contribution in [3.63, 3.8) is 0 Å². The van der Waals surface area contributed by atoms with E-state index >= 15 is 0 Å². The van der Waals surface area contributed by atoms with Crippen molar-refractivity contribution in [3.05, 3.63) is 34.9 Å². The fourth-order valence-corrected chi connectivity index (χ4v) is 1.74. The van der Waals surface area contributed by atoms with Crippen LogP contribution in [0.3, 0.4) is 0 Å². The Kier molecular flexibility index (Phi) is 4.15. The van der Waals surface area contributed by atoms with Gasteiger partial charge in [-0.2, -0.15) is 0 Å². The van der Waals surface area contributed by atoms with Crippen LogP contribution in [0.2, 0.25) is 0 Å². The van der Waals surface area contributed by atoms with E-state index in [4.69, 9.17) is 11.6 Å². The lowest BCUT2D eigenvalue weighted by Crippen LogP contribution is -2.04. The van der Waals surface area contributed by atoms with Crippen molar-refractivity contribution in [2.75, 3.05) is 5.88 Å². The van der Waals surface area contributed by atoms with Gasteiger partial charge in [-0.05, 0) is 31.4 Å². The smallest absolute Gasteiger partial charge is 0.163 e. The summed E-state index contributed by atoms with van der Waals surface area (Å²) in [5.41, 5.74) is 2.99. The van der Waals surface area contributed by atoms with Crippen LogP contribution in [0.25, 0.3) is 0 Å². The standard InChI is InChI=1S/C12H15ClO/c1-9-5-3-6-10(2)12(9)11(14)7-4-8-13/h3,5-6H,4,7-8H2,1-2H3. The van der Waals surface area contributed by atoms with Crippen molar-refractivity contribution in [2.45, 2.75) is 26.7 Å². The Labute approximate surface area is 90.1 Å². The molecule has 1 aromatic carbocycles.